The van der Waals surface area contributed by atoms with Crippen molar-refractivity contribution in [2.45, 2.75) is 19.8 Å². The predicted molar refractivity (Wildman–Crippen MR) is 107 cm³/mol. The Morgan fingerprint density at radius 2 is 1.61 bits per heavy atom. The van der Waals surface area contributed by atoms with Crippen molar-refractivity contribution in [3.8, 4) is 11.5 Å². The second kappa shape index (κ2) is 8.56. The molecule has 2 N–H and O–H groups in total. The Morgan fingerprint density at radius 3 is 2.21 bits per heavy atom. The van der Waals surface area contributed by atoms with Crippen LogP contribution in [0.25, 0.3) is 0 Å². The lowest BCUT2D eigenvalue weighted by Gasteiger charge is -2.09. The van der Waals surface area contributed by atoms with E-state index in [4.69, 9.17) is 9.47 Å². The second-order valence-corrected chi connectivity index (χ2v) is 6.55. The van der Waals surface area contributed by atoms with Crippen molar-refractivity contribution in [3.63, 3.8) is 0 Å². The minimum atomic E-state index is -0.353. The van der Waals surface area contributed by atoms with Crippen molar-refractivity contribution < 1.29 is 19.1 Å². The Kier molecular flexibility index (Phi) is 5.93. The summed E-state index contributed by atoms with van der Waals surface area (Å²) in [5.41, 5.74) is 5.19. The first kappa shape index (κ1) is 19.4. The SMILES string of the molecule is COc1ccc(C(=O)N/N=C(/C)c2ccc(NC(=O)C3CC3)cc2)cc1OC. The molecule has 2 aromatic carbocycles. The molecule has 2 amide bonds. The number of anilines is 1. The highest BCUT2D eigenvalue weighted by molar-refractivity contribution is 6.01. The number of ether oxygens (including phenoxy) is 2. The summed E-state index contributed by atoms with van der Waals surface area (Å²) >= 11 is 0. The lowest BCUT2D eigenvalue weighted by molar-refractivity contribution is -0.117. The van der Waals surface area contributed by atoms with Crippen molar-refractivity contribution in [3.05, 3.63) is 53.6 Å². The minimum Gasteiger partial charge on any atom is -0.493 e. The van der Waals surface area contributed by atoms with E-state index in [0.717, 1.165) is 24.1 Å². The van der Waals surface area contributed by atoms with Gasteiger partial charge in [-0.15, -0.1) is 0 Å². The number of nitrogens with zero attached hydrogens (tertiary/aromatic N) is 1. The van der Waals surface area contributed by atoms with Crippen molar-refractivity contribution in [1.82, 2.24) is 5.43 Å². The summed E-state index contributed by atoms with van der Waals surface area (Å²) in [4.78, 5) is 24.1. The van der Waals surface area contributed by atoms with Gasteiger partial charge in [-0.1, -0.05) is 12.1 Å². The van der Waals surface area contributed by atoms with Crippen LogP contribution in [-0.2, 0) is 4.79 Å². The van der Waals surface area contributed by atoms with E-state index in [1.54, 1.807) is 25.1 Å². The highest BCUT2D eigenvalue weighted by Crippen LogP contribution is 2.30. The summed E-state index contributed by atoms with van der Waals surface area (Å²) < 4.78 is 10.4. The highest BCUT2D eigenvalue weighted by atomic mass is 16.5. The van der Waals surface area contributed by atoms with E-state index in [-0.39, 0.29) is 17.7 Å². The molecule has 0 saturated heterocycles. The molecule has 3 rings (SSSR count). The molecule has 1 saturated carbocycles. The third-order valence-corrected chi connectivity index (χ3v) is 4.49. The lowest BCUT2D eigenvalue weighted by atomic mass is 10.1. The van der Waals surface area contributed by atoms with Crippen molar-refractivity contribution in [2.24, 2.45) is 11.0 Å². The molecule has 7 nitrogen and oxygen atoms in total. The fraction of sp³-hybridized carbons (Fsp3) is 0.286. The third kappa shape index (κ3) is 4.68. The summed E-state index contributed by atoms with van der Waals surface area (Å²) in [5, 5.41) is 7.05. The number of carbonyl (C=O) groups is 2. The normalized spacial score (nSPS) is 13.6. The van der Waals surface area contributed by atoms with Gasteiger partial charge in [-0.2, -0.15) is 5.10 Å². The van der Waals surface area contributed by atoms with E-state index >= 15 is 0 Å². The third-order valence-electron chi connectivity index (χ3n) is 4.49. The largest absolute Gasteiger partial charge is 0.493 e. The van der Waals surface area contributed by atoms with Gasteiger partial charge in [0, 0.05) is 17.2 Å². The average molecular weight is 381 g/mol. The first-order valence-electron chi connectivity index (χ1n) is 8.99. The average Bonchev–Trinajstić information content (AvgIpc) is 3.57. The molecule has 28 heavy (non-hydrogen) atoms. The van der Waals surface area contributed by atoms with E-state index in [1.165, 1.54) is 14.2 Å². The molecule has 0 bridgehead atoms. The van der Waals surface area contributed by atoms with E-state index in [0.29, 0.717) is 22.8 Å². The lowest BCUT2D eigenvalue weighted by Crippen LogP contribution is -2.19. The number of hydrogen-bond donors (Lipinski definition) is 2. The first-order valence-corrected chi connectivity index (χ1v) is 8.99. The van der Waals surface area contributed by atoms with Crippen LogP contribution in [0.15, 0.2) is 47.6 Å². The van der Waals surface area contributed by atoms with Crippen LogP contribution < -0.4 is 20.2 Å². The summed E-state index contributed by atoms with van der Waals surface area (Å²) in [6, 6.07) is 12.2. The monoisotopic (exact) mass is 381 g/mol. The van der Waals surface area contributed by atoms with Gasteiger partial charge in [-0.05, 0) is 55.7 Å². The maximum Gasteiger partial charge on any atom is 0.271 e. The van der Waals surface area contributed by atoms with E-state index < -0.39 is 0 Å². The zero-order valence-corrected chi connectivity index (χ0v) is 16.1. The zero-order valence-electron chi connectivity index (χ0n) is 16.1. The highest BCUT2D eigenvalue weighted by Gasteiger charge is 2.29. The number of amides is 2. The van der Waals surface area contributed by atoms with Gasteiger partial charge in [0.25, 0.3) is 5.91 Å². The molecule has 0 spiro atoms. The summed E-state index contributed by atoms with van der Waals surface area (Å²) in [5.74, 6) is 0.899. The molecule has 0 aliphatic heterocycles. The predicted octanol–water partition coefficient (Wildman–Crippen LogP) is 3.21. The smallest absolute Gasteiger partial charge is 0.271 e. The van der Waals surface area contributed by atoms with Crippen LogP contribution >= 0.6 is 0 Å². The number of rotatable bonds is 7. The van der Waals surface area contributed by atoms with Crippen LogP contribution in [-0.4, -0.2) is 31.7 Å². The molecule has 0 atom stereocenters. The summed E-state index contributed by atoms with van der Waals surface area (Å²) in [6.07, 6.45) is 1.94. The Hall–Kier alpha value is -3.35. The van der Waals surface area contributed by atoms with Crippen molar-refractivity contribution in [1.29, 1.82) is 0 Å². The topological polar surface area (TPSA) is 89.0 Å². The Labute approximate surface area is 163 Å². The Bertz CT molecular complexity index is 902. The van der Waals surface area contributed by atoms with E-state index in [9.17, 15) is 9.59 Å². The van der Waals surface area contributed by atoms with Gasteiger partial charge in [0.1, 0.15) is 0 Å². The number of hydrazone groups is 1. The van der Waals surface area contributed by atoms with Gasteiger partial charge >= 0.3 is 0 Å². The van der Waals surface area contributed by atoms with E-state index in [1.807, 2.05) is 24.3 Å². The van der Waals surface area contributed by atoms with Crippen LogP contribution in [0, 0.1) is 5.92 Å². The standard InChI is InChI=1S/C21H23N3O4/c1-13(14-6-9-17(10-7-14)22-20(25)15-4-5-15)23-24-21(26)16-8-11-18(27-2)19(12-16)28-3/h6-12,15H,4-5H2,1-3H3,(H,22,25)(H,24,26)/b23-13-. The molecule has 0 heterocycles. The molecule has 7 heteroatoms. The van der Waals surface area contributed by atoms with Crippen LogP contribution in [0.4, 0.5) is 5.69 Å². The maximum atomic E-state index is 12.3. The zero-order chi connectivity index (χ0) is 20.1. The molecule has 1 fully saturated rings. The molecule has 0 unspecified atom stereocenters. The molecule has 0 radical (unpaired) electrons. The fourth-order valence-corrected chi connectivity index (χ4v) is 2.63. The Morgan fingerprint density at radius 1 is 0.964 bits per heavy atom. The molecule has 0 aromatic heterocycles. The molecule has 2 aromatic rings. The molecule has 1 aliphatic carbocycles. The summed E-state index contributed by atoms with van der Waals surface area (Å²) in [7, 11) is 3.05. The van der Waals surface area contributed by atoms with Crippen LogP contribution in [0.5, 0.6) is 11.5 Å². The minimum absolute atomic E-state index is 0.0697. The number of benzene rings is 2. The number of hydrogen-bond acceptors (Lipinski definition) is 5. The van der Waals surface area contributed by atoms with E-state index in [2.05, 4.69) is 15.8 Å². The van der Waals surface area contributed by atoms with Crippen LogP contribution in [0.1, 0.15) is 35.7 Å². The quantitative estimate of drug-likeness (QED) is 0.569. The van der Waals surface area contributed by atoms with Crippen molar-refractivity contribution >= 4 is 23.2 Å². The Balaban J connectivity index is 1.63. The number of methoxy groups -OCH3 is 2. The van der Waals surface area contributed by atoms with Gasteiger partial charge in [0.05, 0.1) is 19.9 Å². The molecular weight excluding hydrogens is 358 g/mol. The van der Waals surface area contributed by atoms with Gasteiger partial charge in [-0.3, -0.25) is 9.59 Å². The fourth-order valence-electron chi connectivity index (χ4n) is 2.63. The molecule has 146 valence electrons. The first-order chi connectivity index (χ1) is 13.5. The molecule has 1 aliphatic rings. The van der Waals surface area contributed by atoms with Gasteiger partial charge in [0.15, 0.2) is 11.5 Å². The van der Waals surface area contributed by atoms with Gasteiger partial charge < -0.3 is 14.8 Å². The van der Waals surface area contributed by atoms with Crippen LogP contribution in [0.2, 0.25) is 0 Å². The van der Waals surface area contributed by atoms with Gasteiger partial charge in [0.2, 0.25) is 5.91 Å². The van der Waals surface area contributed by atoms with Crippen molar-refractivity contribution in [2.75, 3.05) is 19.5 Å². The van der Waals surface area contributed by atoms with Crippen LogP contribution in [0.3, 0.4) is 0 Å². The van der Waals surface area contributed by atoms with Gasteiger partial charge in [-0.25, -0.2) is 5.43 Å². The second-order valence-electron chi connectivity index (χ2n) is 6.55. The molecular formula is C21H23N3O4. The number of nitrogens with one attached hydrogen (secondary N) is 2. The number of carbonyl (C=O) groups excluding carboxylic acids is 2. The summed E-state index contributed by atoms with van der Waals surface area (Å²) in [6.45, 7) is 1.80. The maximum absolute atomic E-state index is 12.3.